The smallest absolute Gasteiger partial charge is 0.298 e. The lowest BCUT2D eigenvalue weighted by Gasteiger charge is -2.01. The van der Waals surface area contributed by atoms with Crippen molar-refractivity contribution in [1.82, 2.24) is 15.2 Å². The van der Waals surface area contributed by atoms with Crippen molar-refractivity contribution in [3.05, 3.63) is 40.5 Å². The Labute approximate surface area is 130 Å². The number of aryl methyl sites for hydroxylation is 2. The van der Waals surface area contributed by atoms with E-state index in [1.165, 1.54) is 11.3 Å². The van der Waals surface area contributed by atoms with Crippen LogP contribution in [-0.4, -0.2) is 26.9 Å². The highest BCUT2D eigenvalue weighted by molar-refractivity contribution is 7.15. The van der Waals surface area contributed by atoms with Crippen molar-refractivity contribution >= 4 is 39.1 Å². The summed E-state index contributed by atoms with van der Waals surface area (Å²) in [6, 6.07) is 7.40. The van der Waals surface area contributed by atoms with Crippen molar-refractivity contribution < 1.29 is 9.59 Å². The Morgan fingerprint density at radius 3 is 2.77 bits per heavy atom. The summed E-state index contributed by atoms with van der Waals surface area (Å²) in [6.45, 7) is 3.73. The molecule has 112 valence electrons. The number of amides is 1. The molecule has 0 radical (unpaired) electrons. The van der Waals surface area contributed by atoms with E-state index in [0.717, 1.165) is 22.3 Å². The van der Waals surface area contributed by atoms with Gasteiger partial charge in [0.25, 0.3) is 11.7 Å². The van der Waals surface area contributed by atoms with E-state index in [1.807, 2.05) is 31.2 Å². The molecule has 0 atom stereocenters. The maximum atomic E-state index is 12.4. The molecule has 0 spiro atoms. The van der Waals surface area contributed by atoms with Crippen molar-refractivity contribution in [1.29, 1.82) is 0 Å². The second-order valence-corrected chi connectivity index (χ2v) is 5.87. The Hall–Kier alpha value is -2.54. The number of nitrogens with one attached hydrogen (secondary N) is 2. The third kappa shape index (κ3) is 2.50. The lowest BCUT2D eigenvalue weighted by Crippen LogP contribution is -2.23. The Kier molecular flexibility index (Phi) is 3.72. The number of para-hydroxylation sites is 1. The van der Waals surface area contributed by atoms with E-state index in [4.69, 9.17) is 0 Å². The fourth-order valence-corrected chi connectivity index (χ4v) is 2.96. The van der Waals surface area contributed by atoms with E-state index in [1.54, 1.807) is 6.92 Å². The minimum atomic E-state index is -0.702. The Bertz CT molecular complexity index is 865. The van der Waals surface area contributed by atoms with Gasteiger partial charge in [-0.25, -0.2) is 0 Å². The monoisotopic (exact) mass is 314 g/mol. The molecule has 2 heterocycles. The van der Waals surface area contributed by atoms with E-state index in [0.29, 0.717) is 16.4 Å². The number of nitrogens with zero attached hydrogens (tertiary/aromatic N) is 2. The first-order chi connectivity index (χ1) is 10.6. The van der Waals surface area contributed by atoms with Crippen LogP contribution in [0.15, 0.2) is 24.3 Å². The van der Waals surface area contributed by atoms with Crippen LogP contribution in [0.3, 0.4) is 0 Å². The molecule has 1 amide bonds. The fraction of sp³-hybridized carbons (Fsp3) is 0.200. The quantitative estimate of drug-likeness (QED) is 0.572. The lowest BCUT2D eigenvalue weighted by atomic mass is 10.1. The van der Waals surface area contributed by atoms with Crippen molar-refractivity contribution in [2.24, 2.45) is 0 Å². The van der Waals surface area contributed by atoms with E-state index in [2.05, 4.69) is 20.5 Å². The Morgan fingerprint density at radius 2 is 2.05 bits per heavy atom. The van der Waals surface area contributed by atoms with Gasteiger partial charge in [0.1, 0.15) is 5.01 Å². The summed E-state index contributed by atoms with van der Waals surface area (Å²) in [6.07, 6.45) is 0.739. The molecule has 0 saturated heterocycles. The zero-order chi connectivity index (χ0) is 15.7. The highest BCUT2D eigenvalue weighted by atomic mass is 32.1. The molecular formula is C15H14N4O2S. The normalized spacial score (nSPS) is 10.8. The zero-order valence-electron chi connectivity index (χ0n) is 12.1. The van der Waals surface area contributed by atoms with Crippen LogP contribution in [0, 0.1) is 6.92 Å². The first-order valence-electron chi connectivity index (χ1n) is 6.85. The number of anilines is 1. The number of hydrogen-bond acceptors (Lipinski definition) is 5. The molecular weight excluding hydrogens is 300 g/mol. The third-order valence-electron chi connectivity index (χ3n) is 3.32. The molecule has 1 aromatic carbocycles. The van der Waals surface area contributed by atoms with Gasteiger partial charge in [-0.15, -0.1) is 10.2 Å². The van der Waals surface area contributed by atoms with Crippen LogP contribution >= 0.6 is 11.3 Å². The molecule has 7 heteroatoms. The van der Waals surface area contributed by atoms with Gasteiger partial charge in [0.15, 0.2) is 0 Å². The molecule has 3 aromatic rings. The largest absolute Gasteiger partial charge is 0.358 e. The summed E-state index contributed by atoms with van der Waals surface area (Å²) in [4.78, 5) is 27.7. The fourth-order valence-electron chi connectivity index (χ4n) is 2.28. The number of hydrogen-bond donors (Lipinski definition) is 2. The third-order valence-corrected chi connectivity index (χ3v) is 4.30. The van der Waals surface area contributed by atoms with Crippen LogP contribution < -0.4 is 5.32 Å². The van der Waals surface area contributed by atoms with Crippen LogP contribution in [0.4, 0.5) is 5.13 Å². The highest BCUT2D eigenvalue weighted by Gasteiger charge is 2.23. The number of carbonyl (C=O) groups is 2. The van der Waals surface area contributed by atoms with Crippen molar-refractivity contribution in [2.45, 2.75) is 20.3 Å². The molecule has 0 unspecified atom stereocenters. The number of rotatable bonds is 4. The molecule has 22 heavy (non-hydrogen) atoms. The maximum absolute atomic E-state index is 12.4. The van der Waals surface area contributed by atoms with Gasteiger partial charge in [0.2, 0.25) is 5.13 Å². The average Bonchev–Trinajstić information content (AvgIpc) is 3.09. The first-order valence-corrected chi connectivity index (χ1v) is 7.67. The zero-order valence-corrected chi connectivity index (χ0v) is 13.0. The highest BCUT2D eigenvalue weighted by Crippen LogP contribution is 2.23. The number of Topliss-reactive ketones (excluding diaryl/α,β-unsaturated/α-hetero) is 1. The minimum Gasteiger partial charge on any atom is -0.358 e. The number of fused-ring (bicyclic) bond motifs is 1. The average molecular weight is 314 g/mol. The van der Waals surface area contributed by atoms with Gasteiger partial charge in [-0.2, -0.15) is 0 Å². The second-order valence-electron chi connectivity index (χ2n) is 4.81. The number of H-pyrrole nitrogens is 1. The van der Waals surface area contributed by atoms with Crippen molar-refractivity contribution in [2.75, 3.05) is 5.32 Å². The summed E-state index contributed by atoms with van der Waals surface area (Å²) in [5, 5.41) is 12.2. The van der Waals surface area contributed by atoms with E-state index < -0.39 is 11.7 Å². The topological polar surface area (TPSA) is 87.7 Å². The summed E-state index contributed by atoms with van der Waals surface area (Å²) in [5.41, 5.74) is 1.90. The molecule has 0 saturated carbocycles. The van der Waals surface area contributed by atoms with E-state index in [-0.39, 0.29) is 0 Å². The van der Waals surface area contributed by atoms with Gasteiger partial charge in [0, 0.05) is 16.6 Å². The Morgan fingerprint density at radius 1 is 1.27 bits per heavy atom. The van der Waals surface area contributed by atoms with Gasteiger partial charge < -0.3 is 4.98 Å². The second kappa shape index (κ2) is 5.69. The van der Waals surface area contributed by atoms with Gasteiger partial charge in [-0.1, -0.05) is 36.5 Å². The Balaban J connectivity index is 1.88. The van der Waals surface area contributed by atoms with Crippen molar-refractivity contribution in [3.63, 3.8) is 0 Å². The lowest BCUT2D eigenvalue weighted by molar-refractivity contribution is -0.112. The predicted molar refractivity (Wildman–Crippen MR) is 85.3 cm³/mol. The summed E-state index contributed by atoms with van der Waals surface area (Å²) >= 11 is 1.27. The number of ketones is 1. The van der Waals surface area contributed by atoms with E-state index in [9.17, 15) is 9.59 Å². The molecule has 3 rings (SSSR count). The standard InChI is InChI=1S/C15H14N4O2S/c1-3-11-18-19-15(22-11)17-14(21)13(20)12-8(2)16-10-7-5-4-6-9(10)12/h4-7,16H,3H2,1-2H3,(H,17,19,21). The maximum Gasteiger partial charge on any atom is 0.298 e. The predicted octanol–water partition coefficient (Wildman–Crippen LogP) is 2.71. The van der Waals surface area contributed by atoms with Crippen LogP contribution in [-0.2, 0) is 11.2 Å². The van der Waals surface area contributed by atoms with Crippen molar-refractivity contribution in [3.8, 4) is 0 Å². The number of benzene rings is 1. The van der Waals surface area contributed by atoms with Crippen LogP contribution in [0.5, 0.6) is 0 Å². The summed E-state index contributed by atoms with van der Waals surface area (Å²) in [7, 11) is 0. The molecule has 2 aromatic heterocycles. The van der Waals surface area contributed by atoms with Gasteiger partial charge >= 0.3 is 0 Å². The molecule has 0 fully saturated rings. The van der Waals surface area contributed by atoms with Gasteiger partial charge in [-0.3, -0.25) is 14.9 Å². The molecule has 0 bridgehead atoms. The summed E-state index contributed by atoms with van der Waals surface area (Å²) in [5.74, 6) is -1.28. The number of carbonyl (C=O) groups excluding carboxylic acids is 2. The number of aromatic nitrogens is 3. The summed E-state index contributed by atoms with van der Waals surface area (Å²) < 4.78 is 0. The first kappa shape index (κ1) is 14.4. The minimum absolute atomic E-state index is 0.340. The molecule has 0 aliphatic heterocycles. The molecule has 0 aliphatic carbocycles. The van der Waals surface area contributed by atoms with Crippen LogP contribution in [0.2, 0.25) is 0 Å². The van der Waals surface area contributed by atoms with Crippen LogP contribution in [0.25, 0.3) is 10.9 Å². The molecule has 0 aliphatic rings. The number of aromatic amines is 1. The van der Waals surface area contributed by atoms with Gasteiger partial charge in [0.05, 0.1) is 5.56 Å². The molecule has 6 nitrogen and oxygen atoms in total. The van der Waals surface area contributed by atoms with E-state index >= 15 is 0 Å². The van der Waals surface area contributed by atoms with Crippen LogP contribution in [0.1, 0.15) is 28.0 Å². The van der Waals surface area contributed by atoms with Gasteiger partial charge in [-0.05, 0) is 19.4 Å². The molecule has 2 N–H and O–H groups in total. The SMILES string of the molecule is CCc1nnc(NC(=O)C(=O)c2c(C)[nH]c3ccccc23)s1.